The predicted molar refractivity (Wildman–Crippen MR) is 72.8 cm³/mol. The highest BCUT2D eigenvalue weighted by Crippen LogP contribution is 2.27. The second-order valence-corrected chi connectivity index (χ2v) is 4.97. The van der Waals surface area contributed by atoms with Crippen molar-refractivity contribution in [1.29, 1.82) is 0 Å². The summed E-state index contributed by atoms with van der Waals surface area (Å²) in [5.74, 6) is 0. The molecule has 3 aliphatic rings. The van der Waals surface area contributed by atoms with E-state index in [1.807, 2.05) is 0 Å². The van der Waals surface area contributed by atoms with Gasteiger partial charge >= 0.3 is 0 Å². The minimum Gasteiger partial charge on any atom is -0.0801 e. The Labute approximate surface area is 101 Å². The van der Waals surface area contributed by atoms with Crippen LogP contribution in [0.2, 0.25) is 0 Å². The number of hydrogen-bond donors (Lipinski definition) is 0. The Hall–Kier alpha value is -1.82. The molecule has 0 amide bonds. The van der Waals surface area contributed by atoms with Crippen LogP contribution in [0.3, 0.4) is 0 Å². The Morgan fingerprint density at radius 3 is 2.94 bits per heavy atom. The molecule has 4 rings (SSSR count). The lowest BCUT2D eigenvalue weighted by Crippen LogP contribution is -2.24. The van der Waals surface area contributed by atoms with Crippen molar-refractivity contribution in [2.24, 2.45) is 0 Å². The van der Waals surface area contributed by atoms with Gasteiger partial charge in [0.25, 0.3) is 0 Å². The molecule has 0 saturated carbocycles. The van der Waals surface area contributed by atoms with Crippen molar-refractivity contribution in [3.05, 3.63) is 63.6 Å². The van der Waals surface area contributed by atoms with Crippen LogP contribution in [0.4, 0.5) is 0 Å². The van der Waals surface area contributed by atoms with Crippen LogP contribution in [0, 0.1) is 0 Å². The van der Waals surface area contributed by atoms with Crippen LogP contribution >= 0.6 is 0 Å². The Morgan fingerprint density at radius 1 is 0.941 bits per heavy atom. The van der Waals surface area contributed by atoms with E-state index in [1.54, 1.807) is 11.1 Å². The summed E-state index contributed by atoms with van der Waals surface area (Å²) in [7, 11) is 0. The Bertz CT molecular complexity index is 709. The SMILES string of the molecule is C1=CCC2=c3cc4c(cc3CCC2=C1)=CC=C4. The summed E-state index contributed by atoms with van der Waals surface area (Å²) in [5, 5.41) is 2.88. The van der Waals surface area contributed by atoms with Gasteiger partial charge in [-0.3, -0.25) is 0 Å². The maximum Gasteiger partial charge on any atom is -0.00855 e. The fraction of sp³-hybridized carbons (Fsp3) is 0.176. The number of hydrogen-bond acceptors (Lipinski definition) is 0. The zero-order chi connectivity index (χ0) is 11.2. The second-order valence-electron chi connectivity index (χ2n) is 4.97. The van der Waals surface area contributed by atoms with Crippen molar-refractivity contribution in [3.8, 4) is 0 Å². The van der Waals surface area contributed by atoms with Crippen LogP contribution in [-0.2, 0) is 6.42 Å². The van der Waals surface area contributed by atoms with Crippen molar-refractivity contribution in [1.82, 2.24) is 0 Å². The highest BCUT2D eigenvalue weighted by molar-refractivity contribution is 5.73. The summed E-state index contributed by atoms with van der Waals surface area (Å²) in [6.07, 6.45) is 16.8. The molecule has 0 radical (unpaired) electrons. The van der Waals surface area contributed by atoms with E-state index in [2.05, 4.69) is 48.6 Å². The second kappa shape index (κ2) is 3.33. The van der Waals surface area contributed by atoms with E-state index in [0.29, 0.717) is 0 Å². The zero-order valence-electron chi connectivity index (χ0n) is 9.74. The van der Waals surface area contributed by atoms with Gasteiger partial charge in [-0.25, -0.2) is 0 Å². The number of rotatable bonds is 0. The molecule has 0 nitrogen and oxygen atoms in total. The third-order valence-electron chi connectivity index (χ3n) is 3.99. The van der Waals surface area contributed by atoms with Gasteiger partial charge in [0.2, 0.25) is 0 Å². The van der Waals surface area contributed by atoms with Crippen LogP contribution in [0.25, 0.3) is 17.7 Å². The summed E-state index contributed by atoms with van der Waals surface area (Å²) < 4.78 is 0. The van der Waals surface area contributed by atoms with Gasteiger partial charge in [-0.1, -0.05) is 42.5 Å². The smallest absolute Gasteiger partial charge is 0.00855 e. The van der Waals surface area contributed by atoms with Crippen LogP contribution in [-0.4, -0.2) is 0 Å². The number of aryl methyl sites for hydroxylation is 1. The number of fused-ring (bicyclic) bond motifs is 3. The summed E-state index contributed by atoms with van der Waals surface area (Å²) in [4.78, 5) is 0. The molecule has 0 bridgehead atoms. The summed E-state index contributed by atoms with van der Waals surface area (Å²) in [5.41, 5.74) is 6.01. The molecule has 0 saturated heterocycles. The van der Waals surface area contributed by atoms with E-state index in [4.69, 9.17) is 0 Å². The normalized spacial score (nSPS) is 19.3. The highest BCUT2D eigenvalue weighted by Gasteiger charge is 2.16. The molecule has 0 heterocycles. The highest BCUT2D eigenvalue weighted by atomic mass is 14.2. The molecule has 0 N–H and O–H groups in total. The van der Waals surface area contributed by atoms with Crippen LogP contribution in [0.1, 0.15) is 24.0 Å². The monoisotopic (exact) mass is 218 g/mol. The molecule has 0 atom stereocenters. The quantitative estimate of drug-likeness (QED) is 0.627. The van der Waals surface area contributed by atoms with Crippen molar-refractivity contribution in [2.45, 2.75) is 19.3 Å². The summed E-state index contributed by atoms with van der Waals surface area (Å²) in [6, 6.07) is 4.76. The first-order chi connectivity index (χ1) is 8.42. The van der Waals surface area contributed by atoms with E-state index < -0.39 is 0 Å². The lowest BCUT2D eigenvalue weighted by atomic mass is 9.84. The molecule has 0 aliphatic heterocycles. The van der Waals surface area contributed by atoms with Crippen LogP contribution < -0.4 is 10.4 Å². The van der Waals surface area contributed by atoms with E-state index in [0.717, 1.165) is 6.42 Å². The van der Waals surface area contributed by atoms with E-state index in [1.165, 1.54) is 34.4 Å². The molecular formula is C17H14. The summed E-state index contributed by atoms with van der Waals surface area (Å²) >= 11 is 0. The summed E-state index contributed by atoms with van der Waals surface area (Å²) in [6.45, 7) is 0. The maximum absolute atomic E-state index is 2.38. The molecule has 0 heteroatoms. The van der Waals surface area contributed by atoms with Crippen LogP contribution in [0.5, 0.6) is 0 Å². The topological polar surface area (TPSA) is 0 Å². The van der Waals surface area contributed by atoms with Crippen molar-refractivity contribution >= 4 is 17.7 Å². The first kappa shape index (κ1) is 9.23. The molecule has 0 aromatic heterocycles. The lowest BCUT2D eigenvalue weighted by Gasteiger charge is -2.21. The van der Waals surface area contributed by atoms with Crippen LogP contribution in [0.15, 0.2) is 42.0 Å². The largest absolute Gasteiger partial charge is 0.0801 e. The van der Waals surface area contributed by atoms with Gasteiger partial charge in [-0.2, -0.15) is 0 Å². The average molecular weight is 218 g/mol. The zero-order valence-corrected chi connectivity index (χ0v) is 9.74. The number of allylic oxidation sites excluding steroid dienone is 5. The van der Waals surface area contributed by atoms with Gasteiger partial charge in [0.05, 0.1) is 0 Å². The minimum absolute atomic E-state index is 1.10. The van der Waals surface area contributed by atoms with Crippen molar-refractivity contribution < 1.29 is 0 Å². The lowest BCUT2D eigenvalue weighted by molar-refractivity contribution is 0.919. The van der Waals surface area contributed by atoms with Crippen molar-refractivity contribution in [2.75, 3.05) is 0 Å². The van der Waals surface area contributed by atoms with Crippen molar-refractivity contribution in [3.63, 3.8) is 0 Å². The van der Waals surface area contributed by atoms with E-state index >= 15 is 0 Å². The van der Waals surface area contributed by atoms with Gasteiger partial charge in [0, 0.05) is 0 Å². The first-order valence-corrected chi connectivity index (χ1v) is 6.32. The Kier molecular flexibility index (Phi) is 1.81. The average Bonchev–Trinajstić information content (AvgIpc) is 2.83. The maximum atomic E-state index is 2.38. The fourth-order valence-corrected chi connectivity index (χ4v) is 3.10. The predicted octanol–water partition coefficient (Wildman–Crippen LogP) is 2.48. The molecular weight excluding hydrogens is 204 g/mol. The fourth-order valence-electron chi connectivity index (χ4n) is 3.10. The molecule has 0 fully saturated rings. The minimum atomic E-state index is 1.10. The van der Waals surface area contributed by atoms with Gasteiger partial charge in [0.15, 0.2) is 0 Å². The molecule has 3 aliphatic carbocycles. The Balaban J connectivity index is 2.10. The molecule has 17 heavy (non-hydrogen) atoms. The Morgan fingerprint density at radius 2 is 1.94 bits per heavy atom. The molecule has 0 spiro atoms. The van der Waals surface area contributed by atoms with Gasteiger partial charge in [0.1, 0.15) is 0 Å². The van der Waals surface area contributed by atoms with Gasteiger partial charge in [-0.05, 0) is 58.0 Å². The van der Waals surface area contributed by atoms with E-state index in [9.17, 15) is 0 Å². The molecule has 1 aromatic rings. The van der Waals surface area contributed by atoms with E-state index in [-0.39, 0.29) is 0 Å². The van der Waals surface area contributed by atoms with Gasteiger partial charge < -0.3 is 0 Å². The molecule has 0 unspecified atom stereocenters. The molecule has 82 valence electrons. The number of benzene rings is 1. The third-order valence-corrected chi connectivity index (χ3v) is 3.99. The third kappa shape index (κ3) is 1.30. The van der Waals surface area contributed by atoms with Gasteiger partial charge in [-0.15, -0.1) is 0 Å². The standard InChI is InChI=1S/C17H14/c1-2-7-16-12(4-1)8-9-15-10-13-5-3-6-14(13)11-17(15)16/h1-6,10-11H,7-9H2. The first-order valence-electron chi connectivity index (χ1n) is 6.32. The molecule has 1 aromatic carbocycles.